The molecule has 0 aliphatic carbocycles. The molecule has 2 heterocycles. The molecule has 2 aliphatic heterocycles. The molecule has 2 fully saturated rings. The molecule has 25 heavy (non-hydrogen) atoms. The van der Waals surface area contributed by atoms with Crippen LogP contribution in [0.15, 0.2) is 18.2 Å². The van der Waals surface area contributed by atoms with Crippen LogP contribution in [0.4, 0.5) is 10.5 Å². The van der Waals surface area contributed by atoms with Crippen molar-refractivity contribution in [1.29, 1.82) is 0 Å². The summed E-state index contributed by atoms with van der Waals surface area (Å²) in [6.45, 7) is 2.54. The zero-order valence-corrected chi connectivity index (χ0v) is 15.6. The first-order valence-electron chi connectivity index (χ1n) is 8.22. The molecule has 2 aliphatic rings. The Labute approximate surface area is 152 Å². The highest BCUT2D eigenvalue weighted by Gasteiger charge is 2.31. The molecular formula is C16H22ClN3O4S. The van der Waals surface area contributed by atoms with Crippen LogP contribution in [0.3, 0.4) is 0 Å². The number of amides is 2. The van der Waals surface area contributed by atoms with Gasteiger partial charge in [0.2, 0.25) is 0 Å². The number of hydrogen-bond acceptors (Lipinski definition) is 5. The summed E-state index contributed by atoms with van der Waals surface area (Å²) in [5, 5.41) is 3.39. The van der Waals surface area contributed by atoms with Crippen LogP contribution in [0.25, 0.3) is 0 Å². The highest BCUT2D eigenvalue weighted by Crippen LogP contribution is 2.29. The SMILES string of the molecule is COc1ccc(N2CCN(C(=O)NC3CCS(=O)(=O)C3)CC2)cc1Cl. The Balaban J connectivity index is 1.53. The van der Waals surface area contributed by atoms with E-state index in [9.17, 15) is 13.2 Å². The summed E-state index contributed by atoms with van der Waals surface area (Å²) in [4.78, 5) is 16.2. The largest absolute Gasteiger partial charge is 0.495 e. The second-order valence-corrected chi connectivity index (χ2v) is 8.98. The van der Waals surface area contributed by atoms with Gasteiger partial charge in [-0.05, 0) is 24.6 Å². The molecule has 0 saturated carbocycles. The average molecular weight is 388 g/mol. The van der Waals surface area contributed by atoms with E-state index in [0.29, 0.717) is 43.4 Å². The number of nitrogens with one attached hydrogen (secondary N) is 1. The van der Waals surface area contributed by atoms with E-state index in [1.165, 1.54) is 0 Å². The van der Waals surface area contributed by atoms with E-state index < -0.39 is 9.84 Å². The Morgan fingerprint density at radius 1 is 1.28 bits per heavy atom. The maximum atomic E-state index is 12.3. The van der Waals surface area contributed by atoms with Gasteiger partial charge in [0, 0.05) is 37.9 Å². The van der Waals surface area contributed by atoms with Gasteiger partial charge in [-0.2, -0.15) is 0 Å². The van der Waals surface area contributed by atoms with Gasteiger partial charge in [0.25, 0.3) is 0 Å². The van der Waals surface area contributed by atoms with Gasteiger partial charge < -0.3 is 19.9 Å². The molecule has 0 radical (unpaired) electrons. The van der Waals surface area contributed by atoms with Crippen LogP contribution < -0.4 is 15.0 Å². The van der Waals surface area contributed by atoms with Crippen LogP contribution in [-0.2, 0) is 9.84 Å². The number of carbonyl (C=O) groups excluding carboxylic acids is 1. The lowest BCUT2D eigenvalue weighted by molar-refractivity contribution is 0.191. The summed E-state index contributed by atoms with van der Waals surface area (Å²) in [5.74, 6) is 0.836. The van der Waals surface area contributed by atoms with Crippen LogP contribution in [0.2, 0.25) is 5.02 Å². The molecule has 2 saturated heterocycles. The minimum atomic E-state index is -2.99. The highest BCUT2D eigenvalue weighted by molar-refractivity contribution is 7.91. The molecule has 1 N–H and O–H groups in total. The third-order valence-corrected chi connectivity index (χ3v) is 6.69. The number of hydrogen-bond donors (Lipinski definition) is 1. The van der Waals surface area contributed by atoms with Crippen molar-refractivity contribution in [3.05, 3.63) is 23.2 Å². The molecule has 0 aromatic heterocycles. The molecule has 0 bridgehead atoms. The van der Waals surface area contributed by atoms with Gasteiger partial charge in [0.15, 0.2) is 9.84 Å². The fraction of sp³-hybridized carbons (Fsp3) is 0.562. The third-order valence-electron chi connectivity index (χ3n) is 4.63. The third kappa shape index (κ3) is 4.30. The molecular weight excluding hydrogens is 366 g/mol. The predicted molar refractivity (Wildman–Crippen MR) is 97.4 cm³/mol. The standard InChI is InChI=1S/C16H22ClN3O4S/c1-24-15-3-2-13(10-14(15)17)19-5-7-20(8-6-19)16(21)18-12-4-9-25(22,23)11-12/h2-3,10,12H,4-9,11H2,1H3,(H,18,21). The van der Waals surface area contributed by atoms with Crippen LogP contribution in [-0.4, -0.2) is 70.2 Å². The number of anilines is 1. The summed E-state index contributed by atoms with van der Waals surface area (Å²) in [7, 11) is -1.41. The van der Waals surface area contributed by atoms with Crippen LogP contribution in [0.5, 0.6) is 5.75 Å². The van der Waals surface area contributed by atoms with Crippen LogP contribution in [0, 0.1) is 0 Å². The summed E-state index contributed by atoms with van der Waals surface area (Å²) in [5.41, 5.74) is 0.993. The molecule has 138 valence electrons. The average Bonchev–Trinajstić information content (AvgIpc) is 2.93. The fourth-order valence-electron chi connectivity index (χ4n) is 3.19. The quantitative estimate of drug-likeness (QED) is 0.847. The van der Waals surface area contributed by atoms with E-state index in [-0.39, 0.29) is 23.6 Å². The van der Waals surface area contributed by atoms with E-state index in [2.05, 4.69) is 10.2 Å². The zero-order chi connectivity index (χ0) is 18.0. The number of rotatable bonds is 3. The van der Waals surface area contributed by atoms with Crippen molar-refractivity contribution in [3.8, 4) is 5.75 Å². The molecule has 1 unspecified atom stereocenters. The van der Waals surface area contributed by atoms with E-state index in [4.69, 9.17) is 16.3 Å². The predicted octanol–water partition coefficient (Wildman–Crippen LogP) is 1.37. The van der Waals surface area contributed by atoms with Crippen LogP contribution >= 0.6 is 11.6 Å². The van der Waals surface area contributed by atoms with Crippen molar-refractivity contribution in [3.63, 3.8) is 0 Å². The summed E-state index contributed by atoms with van der Waals surface area (Å²) < 4.78 is 28.1. The topological polar surface area (TPSA) is 79.0 Å². The number of ether oxygens (including phenoxy) is 1. The zero-order valence-electron chi connectivity index (χ0n) is 14.1. The normalized spacial score (nSPS) is 22.7. The van der Waals surface area contributed by atoms with E-state index in [0.717, 1.165) is 5.69 Å². The Bertz CT molecular complexity index is 748. The Hall–Kier alpha value is -1.67. The first kappa shape index (κ1) is 18.1. The summed E-state index contributed by atoms with van der Waals surface area (Å²) >= 11 is 6.17. The molecule has 3 rings (SSSR count). The van der Waals surface area contributed by atoms with Gasteiger partial charge >= 0.3 is 6.03 Å². The second kappa shape index (κ2) is 7.29. The van der Waals surface area contributed by atoms with E-state index in [1.807, 2.05) is 18.2 Å². The summed E-state index contributed by atoms with van der Waals surface area (Å²) in [6.07, 6.45) is 0.498. The highest BCUT2D eigenvalue weighted by atomic mass is 35.5. The van der Waals surface area contributed by atoms with E-state index in [1.54, 1.807) is 12.0 Å². The van der Waals surface area contributed by atoms with Gasteiger partial charge in [-0.25, -0.2) is 13.2 Å². The maximum Gasteiger partial charge on any atom is 0.317 e. The Morgan fingerprint density at radius 2 is 2.00 bits per heavy atom. The lowest BCUT2D eigenvalue weighted by Gasteiger charge is -2.36. The minimum Gasteiger partial charge on any atom is -0.495 e. The molecule has 7 nitrogen and oxygen atoms in total. The monoisotopic (exact) mass is 387 g/mol. The number of piperazine rings is 1. The van der Waals surface area contributed by atoms with Crippen molar-refractivity contribution in [2.45, 2.75) is 12.5 Å². The number of nitrogens with zero attached hydrogens (tertiary/aromatic N) is 2. The van der Waals surface area contributed by atoms with Gasteiger partial charge in [-0.15, -0.1) is 0 Å². The molecule has 1 aromatic carbocycles. The fourth-order valence-corrected chi connectivity index (χ4v) is 5.12. The number of carbonyl (C=O) groups is 1. The molecule has 1 aromatic rings. The Morgan fingerprint density at radius 3 is 2.56 bits per heavy atom. The van der Waals surface area contributed by atoms with Gasteiger partial charge in [0.05, 0.1) is 23.6 Å². The smallest absolute Gasteiger partial charge is 0.317 e. The van der Waals surface area contributed by atoms with Crippen molar-refractivity contribution in [2.75, 3.05) is 49.7 Å². The number of benzene rings is 1. The molecule has 9 heteroatoms. The number of methoxy groups -OCH3 is 1. The van der Waals surface area contributed by atoms with Gasteiger partial charge in [0.1, 0.15) is 5.75 Å². The molecule has 1 atom stereocenters. The lowest BCUT2D eigenvalue weighted by atomic mass is 10.2. The van der Waals surface area contributed by atoms with Crippen molar-refractivity contribution in [2.24, 2.45) is 0 Å². The van der Waals surface area contributed by atoms with Gasteiger partial charge in [-0.1, -0.05) is 11.6 Å². The second-order valence-electron chi connectivity index (χ2n) is 6.34. The molecule has 2 amide bonds. The minimum absolute atomic E-state index is 0.0447. The molecule has 0 spiro atoms. The van der Waals surface area contributed by atoms with Gasteiger partial charge in [-0.3, -0.25) is 0 Å². The van der Waals surface area contributed by atoms with E-state index >= 15 is 0 Å². The van der Waals surface area contributed by atoms with Crippen molar-refractivity contribution < 1.29 is 17.9 Å². The number of sulfone groups is 1. The first-order valence-corrected chi connectivity index (χ1v) is 10.4. The van der Waals surface area contributed by atoms with Crippen molar-refractivity contribution >= 4 is 33.2 Å². The van der Waals surface area contributed by atoms with Crippen molar-refractivity contribution in [1.82, 2.24) is 10.2 Å². The number of urea groups is 1. The first-order chi connectivity index (χ1) is 11.9. The Kier molecular flexibility index (Phi) is 5.29. The lowest BCUT2D eigenvalue weighted by Crippen LogP contribution is -2.53. The maximum absolute atomic E-state index is 12.3. The summed E-state index contributed by atoms with van der Waals surface area (Å²) in [6, 6.07) is 5.19. The van der Waals surface area contributed by atoms with Crippen LogP contribution in [0.1, 0.15) is 6.42 Å². The number of halogens is 1.